The van der Waals surface area contributed by atoms with E-state index in [0.717, 1.165) is 11.1 Å². The van der Waals surface area contributed by atoms with Crippen LogP contribution >= 0.6 is 11.8 Å². The SMILES string of the molecule is O=C(CSc1n[nH]c(=O)n1Cc1ccccc1)N1CCN(S(=O)(=O)Cc2ccccc2)CC1. The molecular formula is C22H25N5O4S2. The highest BCUT2D eigenvalue weighted by Gasteiger charge is 2.29. The third kappa shape index (κ3) is 5.92. The Hall–Kier alpha value is -2.89. The van der Waals surface area contributed by atoms with Crippen LogP contribution in [0, 0.1) is 0 Å². The Bertz CT molecular complexity index is 1230. The molecule has 174 valence electrons. The van der Waals surface area contributed by atoms with Gasteiger partial charge in [-0.15, -0.1) is 5.10 Å². The lowest BCUT2D eigenvalue weighted by Crippen LogP contribution is -2.51. The summed E-state index contributed by atoms with van der Waals surface area (Å²) in [5.41, 5.74) is 1.38. The van der Waals surface area contributed by atoms with E-state index in [9.17, 15) is 18.0 Å². The van der Waals surface area contributed by atoms with Gasteiger partial charge in [-0.1, -0.05) is 72.4 Å². The minimum absolute atomic E-state index is 0.0459. The predicted molar refractivity (Wildman–Crippen MR) is 126 cm³/mol. The van der Waals surface area contributed by atoms with Crippen LogP contribution < -0.4 is 5.69 Å². The number of thioether (sulfide) groups is 1. The van der Waals surface area contributed by atoms with Crippen LogP contribution in [0.25, 0.3) is 0 Å². The van der Waals surface area contributed by atoms with Gasteiger partial charge >= 0.3 is 5.69 Å². The summed E-state index contributed by atoms with van der Waals surface area (Å²) in [5, 5.41) is 6.93. The molecule has 0 bridgehead atoms. The lowest BCUT2D eigenvalue weighted by atomic mass is 10.2. The van der Waals surface area contributed by atoms with Crippen LogP contribution in [-0.2, 0) is 27.1 Å². The van der Waals surface area contributed by atoms with Crippen LogP contribution in [0.15, 0.2) is 70.6 Å². The van der Waals surface area contributed by atoms with Crippen molar-refractivity contribution in [1.82, 2.24) is 24.0 Å². The van der Waals surface area contributed by atoms with E-state index in [1.807, 2.05) is 48.5 Å². The van der Waals surface area contributed by atoms with Crippen molar-refractivity contribution in [2.45, 2.75) is 17.5 Å². The number of rotatable bonds is 8. The summed E-state index contributed by atoms with van der Waals surface area (Å²) in [5.74, 6) is -0.0344. The lowest BCUT2D eigenvalue weighted by molar-refractivity contribution is -0.129. The number of aromatic amines is 1. The van der Waals surface area contributed by atoms with Crippen molar-refractivity contribution < 1.29 is 13.2 Å². The molecule has 0 radical (unpaired) electrons. The largest absolute Gasteiger partial charge is 0.344 e. The van der Waals surface area contributed by atoms with Crippen molar-refractivity contribution in [3.8, 4) is 0 Å². The molecule has 1 saturated heterocycles. The standard InChI is InChI=1S/C22H25N5O4S2/c28-20(16-32-22-24-23-21(29)27(22)15-18-7-3-1-4-8-18)25-11-13-26(14-12-25)33(30,31)17-19-9-5-2-6-10-19/h1-10H,11-17H2,(H,23,29). The predicted octanol–water partition coefficient (Wildman–Crippen LogP) is 1.39. The Morgan fingerprint density at radius 3 is 2.18 bits per heavy atom. The number of piperazine rings is 1. The van der Waals surface area contributed by atoms with Crippen molar-refractivity contribution in [1.29, 1.82) is 0 Å². The van der Waals surface area contributed by atoms with Gasteiger partial charge in [0.05, 0.1) is 18.1 Å². The number of benzene rings is 2. The van der Waals surface area contributed by atoms with Crippen LogP contribution in [-0.4, -0.2) is 70.2 Å². The Labute approximate surface area is 196 Å². The van der Waals surface area contributed by atoms with Gasteiger partial charge in [-0.2, -0.15) is 4.31 Å². The number of aromatic nitrogens is 3. The Morgan fingerprint density at radius 1 is 0.939 bits per heavy atom. The molecule has 9 nitrogen and oxygen atoms in total. The van der Waals surface area contributed by atoms with Gasteiger partial charge in [-0.3, -0.25) is 9.36 Å². The molecule has 1 aliphatic heterocycles. The zero-order valence-corrected chi connectivity index (χ0v) is 19.6. The molecule has 1 N–H and O–H groups in total. The molecule has 0 unspecified atom stereocenters. The molecular weight excluding hydrogens is 462 g/mol. The average molecular weight is 488 g/mol. The normalized spacial score (nSPS) is 15.0. The molecule has 1 amide bonds. The van der Waals surface area contributed by atoms with E-state index in [1.54, 1.807) is 17.0 Å². The van der Waals surface area contributed by atoms with Gasteiger partial charge in [0.15, 0.2) is 5.16 Å². The molecule has 2 heterocycles. The van der Waals surface area contributed by atoms with E-state index in [4.69, 9.17) is 0 Å². The minimum Gasteiger partial charge on any atom is -0.339 e. The number of H-pyrrole nitrogens is 1. The van der Waals surface area contributed by atoms with E-state index in [2.05, 4.69) is 10.2 Å². The molecule has 0 atom stereocenters. The van der Waals surface area contributed by atoms with E-state index in [1.165, 1.54) is 20.6 Å². The van der Waals surface area contributed by atoms with Crippen LogP contribution in [0.5, 0.6) is 0 Å². The Morgan fingerprint density at radius 2 is 1.55 bits per heavy atom. The van der Waals surface area contributed by atoms with Gasteiger partial charge in [-0.05, 0) is 11.1 Å². The zero-order valence-electron chi connectivity index (χ0n) is 18.0. The first-order valence-corrected chi connectivity index (χ1v) is 13.1. The van der Waals surface area contributed by atoms with Gasteiger partial charge in [0.2, 0.25) is 15.9 Å². The molecule has 4 rings (SSSR count). The molecule has 3 aromatic rings. The molecule has 1 fully saturated rings. The number of nitrogens with zero attached hydrogens (tertiary/aromatic N) is 4. The smallest absolute Gasteiger partial charge is 0.339 e. The summed E-state index contributed by atoms with van der Waals surface area (Å²) in [4.78, 5) is 26.5. The maximum absolute atomic E-state index is 12.7. The van der Waals surface area contributed by atoms with Gasteiger partial charge < -0.3 is 4.90 Å². The number of sulfonamides is 1. The van der Waals surface area contributed by atoms with Gasteiger partial charge in [-0.25, -0.2) is 18.3 Å². The molecule has 1 aliphatic rings. The summed E-state index contributed by atoms with van der Waals surface area (Å²) in [6.07, 6.45) is 0. The fourth-order valence-electron chi connectivity index (χ4n) is 3.63. The molecule has 0 aliphatic carbocycles. The number of amides is 1. The van der Waals surface area contributed by atoms with E-state index in [0.29, 0.717) is 24.8 Å². The van der Waals surface area contributed by atoms with Crippen LogP contribution in [0.4, 0.5) is 0 Å². The third-order valence-corrected chi connectivity index (χ3v) is 8.22. The first-order chi connectivity index (χ1) is 15.9. The van der Waals surface area contributed by atoms with Crippen LogP contribution in [0.2, 0.25) is 0 Å². The number of hydrogen-bond donors (Lipinski definition) is 1. The maximum atomic E-state index is 12.7. The number of carbonyl (C=O) groups is 1. The molecule has 33 heavy (non-hydrogen) atoms. The average Bonchev–Trinajstić information content (AvgIpc) is 3.17. The van der Waals surface area contributed by atoms with Crippen molar-refractivity contribution >= 4 is 27.7 Å². The highest BCUT2D eigenvalue weighted by atomic mass is 32.2. The first-order valence-electron chi connectivity index (χ1n) is 10.5. The van der Waals surface area contributed by atoms with Gasteiger partial charge in [0, 0.05) is 26.2 Å². The third-order valence-electron chi connectivity index (χ3n) is 5.41. The van der Waals surface area contributed by atoms with Crippen molar-refractivity contribution in [3.63, 3.8) is 0 Å². The highest BCUT2D eigenvalue weighted by molar-refractivity contribution is 7.99. The second-order valence-electron chi connectivity index (χ2n) is 7.69. The number of nitrogens with one attached hydrogen (secondary N) is 1. The molecule has 0 spiro atoms. The van der Waals surface area contributed by atoms with Gasteiger partial charge in [0.1, 0.15) is 0 Å². The molecule has 2 aromatic carbocycles. The summed E-state index contributed by atoms with van der Waals surface area (Å²) in [7, 11) is -3.44. The summed E-state index contributed by atoms with van der Waals surface area (Å²) >= 11 is 1.19. The van der Waals surface area contributed by atoms with E-state index < -0.39 is 10.0 Å². The topological polar surface area (TPSA) is 108 Å². The summed E-state index contributed by atoms with van der Waals surface area (Å²) in [6, 6.07) is 18.6. The van der Waals surface area contributed by atoms with Crippen molar-refractivity contribution in [3.05, 3.63) is 82.3 Å². The Balaban J connectivity index is 1.30. The van der Waals surface area contributed by atoms with Crippen LogP contribution in [0.3, 0.4) is 0 Å². The second-order valence-corrected chi connectivity index (χ2v) is 10.6. The van der Waals surface area contributed by atoms with Crippen molar-refractivity contribution in [2.24, 2.45) is 0 Å². The minimum atomic E-state index is -3.44. The lowest BCUT2D eigenvalue weighted by Gasteiger charge is -2.34. The first kappa shape index (κ1) is 23.3. The summed E-state index contributed by atoms with van der Waals surface area (Å²) in [6.45, 7) is 1.58. The van der Waals surface area contributed by atoms with Crippen LogP contribution in [0.1, 0.15) is 11.1 Å². The highest BCUT2D eigenvalue weighted by Crippen LogP contribution is 2.18. The Kier molecular flexibility index (Phi) is 7.31. The molecule has 11 heteroatoms. The second kappa shape index (κ2) is 10.4. The van der Waals surface area contributed by atoms with E-state index >= 15 is 0 Å². The van der Waals surface area contributed by atoms with Gasteiger partial charge in [0.25, 0.3) is 0 Å². The molecule has 0 saturated carbocycles. The van der Waals surface area contributed by atoms with E-state index in [-0.39, 0.29) is 36.2 Å². The van der Waals surface area contributed by atoms with Crippen molar-refractivity contribution in [2.75, 3.05) is 31.9 Å². The number of carbonyl (C=O) groups excluding carboxylic acids is 1. The monoisotopic (exact) mass is 487 g/mol. The quantitative estimate of drug-likeness (QED) is 0.481. The number of hydrogen-bond acceptors (Lipinski definition) is 6. The summed E-state index contributed by atoms with van der Waals surface area (Å²) < 4.78 is 28.4. The fraction of sp³-hybridized carbons (Fsp3) is 0.318. The molecule has 1 aromatic heterocycles. The zero-order chi connectivity index (χ0) is 23.3. The maximum Gasteiger partial charge on any atom is 0.344 e. The fourth-order valence-corrected chi connectivity index (χ4v) is 5.99.